The van der Waals surface area contributed by atoms with Crippen LogP contribution in [0.25, 0.3) is 0 Å². The highest BCUT2D eigenvalue weighted by Crippen LogP contribution is 2.35. The minimum absolute atomic E-state index is 0.286. The van der Waals surface area contributed by atoms with E-state index in [0.717, 1.165) is 36.5 Å². The Labute approximate surface area is 138 Å². The summed E-state index contributed by atoms with van der Waals surface area (Å²) >= 11 is 0. The zero-order chi connectivity index (χ0) is 17.3. The Balaban J connectivity index is 1.95. The van der Waals surface area contributed by atoms with Crippen molar-refractivity contribution in [1.82, 2.24) is 0 Å². The van der Waals surface area contributed by atoms with Crippen molar-refractivity contribution >= 4 is 5.69 Å². The van der Waals surface area contributed by atoms with E-state index in [1.807, 2.05) is 11.0 Å². The average Bonchev–Trinajstić information content (AvgIpc) is 2.72. The molecule has 0 N–H and O–H groups in total. The zero-order valence-corrected chi connectivity index (χ0v) is 13.5. The van der Waals surface area contributed by atoms with Crippen LogP contribution >= 0.6 is 0 Å². The van der Waals surface area contributed by atoms with Crippen LogP contribution in [0.15, 0.2) is 36.4 Å². The molecule has 0 spiro atoms. The standard InChI is InChI=1S/C19H19F4N/c1-13-5-6-14(10-17(13)20)12-24-9-3-2-4-15-7-8-16(11-18(15)24)19(21,22)23/h5-8,10-11H,2-4,9,12H2,1H3. The molecule has 0 bridgehead atoms. The Morgan fingerprint density at radius 2 is 1.83 bits per heavy atom. The molecule has 128 valence electrons. The normalized spacial score (nSPS) is 15.1. The molecule has 1 nitrogen and oxygen atoms in total. The number of halogens is 4. The number of hydrogen-bond donors (Lipinski definition) is 0. The maximum Gasteiger partial charge on any atom is 0.416 e. The Kier molecular flexibility index (Phi) is 4.52. The molecule has 0 atom stereocenters. The van der Waals surface area contributed by atoms with Gasteiger partial charge in [0.2, 0.25) is 0 Å². The summed E-state index contributed by atoms with van der Waals surface area (Å²) in [5.74, 6) is -0.286. The molecular weight excluding hydrogens is 318 g/mol. The van der Waals surface area contributed by atoms with Gasteiger partial charge < -0.3 is 4.90 Å². The summed E-state index contributed by atoms with van der Waals surface area (Å²) in [5.41, 5.74) is 2.23. The summed E-state index contributed by atoms with van der Waals surface area (Å²) in [5, 5.41) is 0. The van der Waals surface area contributed by atoms with Gasteiger partial charge in [-0.25, -0.2) is 4.39 Å². The van der Waals surface area contributed by atoms with Gasteiger partial charge in [-0.2, -0.15) is 13.2 Å². The molecule has 1 aliphatic rings. The number of hydrogen-bond acceptors (Lipinski definition) is 1. The fourth-order valence-corrected chi connectivity index (χ4v) is 3.10. The first-order valence-electron chi connectivity index (χ1n) is 8.05. The van der Waals surface area contributed by atoms with Crippen molar-refractivity contribution in [3.63, 3.8) is 0 Å². The average molecular weight is 337 g/mol. The Morgan fingerprint density at radius 3 is 2.54 bits per heavy atom. The van der Waals surface area contributed by atoms with Crippen molar-refractivity contribution in [2.45, 2.75) is 38.9 Å². The highest BCUT2D eigenvalue weighted by Gasteiger charge is 2.32. The lowest BCUT2D eigenvalue weighted by Crippen LogP contribution is -2.24. The summed E-state index contributed by atoms with van der Waals surface area (Å²) in [6, 6.07) is 8.95. The van der Waals surface area contributed by atoms with E-state index in [4.69, 9.17) is 0 Å². The van der Waals surface area contributed by atoms with Crippen molar-refractivity contribution in [3.8, 4) is 0 Å². The summed E-state index contributed by atoms with van der Waals surface area (Å²) in [4.78, 5) is 1.93. The highest BCUT2D eigenvalue weighted by molar-refractivity contribution is 5.57. The first-order valence-corrected chi connectivity index (χ1v) is 8.05. The molecule has 1 heterocycles. The predicted molar refractivity (Wildman–Crippen MR) is 86.6 cm³/mol. The molecule has 24 heavy (non-hydrogen) atoms. The summed E-state index contributed by atoms with van der Waals surface area (Å²) < 4.78 is 52.9. The third-order valence-corrected chi connectivity index (χ3v) is 4.49. The molecule has 0 fully saturated rings. The minimum Gasteiger partial charge on any atom is -0.367 e. The Bertz CT molecular complexity index is 737. The van der Waals surface area contributed by atoms with Crippen molar-refractivity contribution in [2.24, 2.45) is 0 Å². The number of nitrogens with zero attached hydrogens (tertiary/aromatic N) is 1. The molecule has 0 amide bonds. The summed E-state index contributed by atoms with van der Waals surface area (Å²) in [6.45, 7) is 2.77. The van der Waals surface area contributed by atoms with E-state index in [1.165, 1.54) is 12.1 Å². The van der Waals surface area contributed by atoms with Gasteiger partial charge in [0.1, 0.15) is 5.82 Å². The molecule has 0 radical (unpaired) electrons. The maximum atomic E-state index is 13.8. The largest absolute Gasteiger partial charge is 0.416 e. The predicted octanol–water partition coefficient (Wildman–Crippen LogP) is 5.50. The quantitative estimate of drug-likeness (QED) is 0.655. The first-order chi connectivity index (χ1) is 11.3. The van der Waals surface area contributed by atoms with E-state index in [0.29, 0.717) is 24.3 Å². The van der Waals surface area contributed by atoms with Gasteiger partial charge >= 0.3 is 6.18 Å². The second kappa shape index (κ2) is 6.46. The van der Waals surface area contributed by atoms with Crippen molar-refractivity contribution in [2.75, 3.05) is 11.4 Å². The van der Waals surface area contributed by atoms with Crippen LogP contribution < -0.4 is 4.90 Å². The van der Waals surface area contributed by atoms with Crippen LogP contribution in [-0.4, -0.2) is 6.54 Å². The lowest BCUT2D eigenvalue weighted by Gasteiger charge is -2.26. The molecule has 0 aromatic heterocycles. The zero-order valence-electron chi connectivity index (χ0n) is 13.5. The molecule has 3 rings (SSSR count). The number of rotatable bonds is 2. The van der Waals surface area contributed by atoms with Gasteiger partial charge in [0, 0.05) is 18.8 Å². The molecule has 2 aromatic rings. The fraction of sp³-hybridized carbons (Fsp3) is 0.368. The second-order valence-electron chi connectivity index (χ2n) is 6.30. The summed E-state index contributed by atoms with van der Waals surface area (Å²) in [6.07, 6.45) is -1.74. The van der Waals surface area contributed by atoms with Crippen molar-refractivity contribution < 1.29 is 17.6 Å². The van der Waals surface area contributed by atoms with Gasteiger partial charge in [-0.15, -0.1) is 0 Å². The molecule has 2 aromatic carbocycles. The number of anilines is 1. The molecule has 1 aliphatic heterocycles. The van der Waals surface area contributed by atoms with Crippen LogP contribution in [0.5, 0.6) is 0 Å². The van der Waals surface area contributed by atoms with Crippen LogP contribution in [0.1, 0.15) is 35.1 Å². The molecule has 0 saturated carbocycles. The van der Waals surface area contributed by atoms with Gasteiger partial charge in [-0.3, -0.25) is 0 Å². The van der Waals surface area contributed by atoms with Crippen molar-refractivity contribution in [3.05, 3.63) is 64.5 Å². The molecule has 0 unspecified atom stereocenters. The van der Waals surface area contributed by atoms with Gasteiger partial charge in [-0.1, -0.05) is 18.2 Å². The third kappa shape index (κ3) is 3.55. The fourth-order valence-electron chi connectivity index (χ4n) is 3.10. The number of benzene rings is 2. The van der Waals surface area contributed by atoms with Gasteiger partial charge in [0.25, 0.3) is 0 Å². The van der Waals surface area contributed by atoms with Crippen LogP contribution in [0, 0.1) is 12.7 Å². The number of aryl methyl sites for hydroxylation is 2. The monoisotopic (exact) mass is 337 g/mol. The van der Waals surface area contributed by atoms with Crippen LogP contribution in [0.3, 0.4) is 0 Å². The van der Waals surface area contributed by atoms with Gasteiger partial charge in [0.15, 0.2) is 0 Å². The SMILES string of the molecule is Cc1ccc(CN2CCCCc3ccc(C(F)(F)F)cc32)cc1F. The van der Waals surface area contributed by atoms with E-state index < -0.39 is 11.7 Å². The first kappa shape index (κ1) is 16.8. The molecule has 5 heteroatoms. The summed E-state index contributed by atoms with van der Waals surface area (Å²) in [7, 11) is 0. The van der Waals surface area contributed by atoms with E-state index in [1.54, 1.807) is 19.1 Å². The van der Waals surface area contributed by atoms with E-state index in [9.17, 15) is 17.6 Å². The van der Waals surface area contributed by atoms with Crippen LogP contribution in [-0.2, 0) is 19.1 Å². The maximum absolute atomic E-state index is 13.8. The number of fused-ring (bicyclic) bond motifs is 1. The Hall–Kier alpha value is -2.04. The van der Waals surface area contributed by atoms with Crippen LogP contribution in [0.4, 0.5) is 23.2 Å². The third-order valence-electron chi connectivity index (χ3n) is 4.49. The molecule has 0 aliphatic carbocycles. The smallest absolute Gasteiger partial charge is 0.367 e. The highest BCUT2D eigenvalue weighted by atomic mass is 19.4. The minimum atomic E-state index is -4.36. The second-order valence-corrected chi connectivity index (χ2v) is 6.30. The topological polar surface area (TPSA) is 3.24 Å². The van der Waals surface area contributed by atoms with E-state index in [-0.39, 0.29) is 5.82 Å². The van der Waals surface area contributed by atoms with Crippen LogP contribution in [0.2, 0.25) is 0 Å². The Morgan fingerprint density at radius 1 is 1.04 bits per heavy atom. The lowest BCUT2D eigenvalue weighted by atomic mass is 10.0. The van der Waals surface area contributed by atoms with Crippen molar-refractivity contribution in [1.29, 1.82) is 0 Å². The molecule has 0 saturated heterocycles. The van der Waals surface area contributed by atoms with Gasteiger partial charge in [-0.05, 0) is 61.1 Å². The van der Waals surface area contributed by atoms with Gasteiger partial charge in [0.05, 0.1) is 5.56 Å². The number of alkyl halides is 3. The van der Waals surface area contributed by atoms with E-state index in [2.05, 4.69) is 0 Å². The van der Waals surface area contributed by atoms with E-state index >= 15 is 0 Å². The molecular formula is C19H19F4N. The lowest BCUT2D eigenvalue weighted by molar-refractivity contribution is -0.137.